The van der Waals surface area contributed by atoms with Gasteiger partial charge in [0.1, 0.15) is 6.04 Å². The average Bonchev–Trinajstić information content (AvgIpc) is 2.82. The van der Waals surface area contributed by atoms with Crippen molar-refractivity contribution in [2.75, 3.05) is 12.4 Å². The molecule has 1 N–H and O–H groups in total. The van der Waals surface area contributed by atoms with E-state index >= 15 is 0 Å². The normalized spacial score (nSPS) is 16.9. The summed E-state index contributed by atoms with van der Waals surface area (Å²) in [5.74, 6) is -0.402. The molecule has 0 spiro atoms. The first-order valence-corrected chi connectivity index (χ1v) is 8.92. The third-order valence-corrected chi connectivity index (χ3v) is 4.99. The predicted molar refractivity (Wildman–Crippen MR) is 106 cm³/mol. The van der Waals surface area contributed by atoms with E-state index in [0.29, 0.717) is 22.4 Å². The highest BCUT2D eigenvalue weighted by Gasteiger charge is 2.41. The van der Waals surface area contributed by atoms with E-state index < -0.39 is 6.04 Å². The van der Waals surface area contributed by atoms with Gasteiger partial charge in [-0.1, -0.05) is 41.9 Å². The summed E-state index contributed by atoms with van der Waals surface area (Å²) in [5, 5.41) is 3.88. The van der Waals surface area contributed by atoms with Crippen LogP contribution in [0.2, 0.25) is 5.02 Å². The van der Waals surface area contributed by atoms with Gasteiger partial charge in [0.2, 0.25) is 5.91 Å². The molecule has 1 heterocycles. The number of nitrogens with zero attached hydrogens (tertiary/aromatic N) is 2. The molecule has 0 aliphatic carbocycles. The molecule has 2 amide bonds. The molecule has 0 saturated carbocycles. The Bertz CT molecular complexity index is 826. The molecule has 1 aliphatic heterocycles. The molecule has 1 aliphatic rings. The average molecular weight is 388 g/mol. The van der Waals surface area contributed by atoms with E-state index in [1.807, 2.05) is 30.3 Å². The van der Waals surface area contributed by atoms with E-state index in [9.17, 15) is 9.59 Å². The van der Waals surface area contributed by atoms with Crippen LogP contribution in [0.3, 0.4) is 0 Å². The fraction of sp³-hybridized carbons (Fsp3) is 0.211. The van der Waals surface area contributed by atoms with Crippen LogP contribution in [0.15, 0.2) is 54.6 Å². The maximum Gasteiger partial charge on any atom is 0.251 e. The van der Waals surface area contributed by atoms with Gasteiger partial charge in [0, 0.05) is 24.3 Å². The standard InChI is InChI=1S/C19H18ClN3O2S/c1-22-18(25)16(11-17(24)21-15-5-3-2-4-6-15)23(19(22)26)12-13-7-9-14(20)10-8-13/h2-10,16H,11-12H2,1H3,(H,21,24). The Morgan fingerprint density at radius 3 is 2.46 bits per heavy atom. The number of benzene rings is 2. The summed E-state index contributed by atoms with van der Waals surface area (Å²) in [4.78, 5) is 28.2. The monoisotopic (exact) mass is 387 g/mol. The van der Waals surface area contributed by atoms with Gasteiger partial charge in [0.15, 0.2) is 5.11 Å². The molecule has 0 aromatic heterocycles. The summed E-state index contributed by atoms with van der Waals surface area (Å²) >= 11 is 11.3. The molecular weight excluding hydrogens is 370 g/mol. The zero-order valence-corrected chi connectivity index (χ0v) is 15.8. The Labute approximate surface area is 162 Å². The Kier molecular flexibility index (Phi) is 5.54. The zero-order chi connectivity index (χ0) is 18.7. The number of hydrogen-bond acceptors (Lipinski definition) is 3. The number of amides is 2. The maximum atomic E-state index is 12.6. The molecule has 3 rings (SSSR count). The minimum Gasteiger partial charge on any atom is -0.332 e. The molecule has 0 bridgehead atoms. The number of anilines is 1. The van der Waals surface area contributed by atoms with Crippen LogP contribution in [0.1, 0.15) is 12.0 Å². The first-order valence-electron chi connectivity index (χ1n) is 8.13. The second kappa shape index (κ2) is 7.85. The second-order valence-electron chi connectivity index (χ2n) is 6.07. The summed E-state index contributed by atoms with van der Waals surface area (Å²) in [5.41, 5.74) is 1.66. The Hall–Kier alpha value is -2.44. The summed E-state index contributed by atoms with van der Waals surface area (Å²) < 4.78 is 0. The quantitative estimate of drug-likeness (QED) is 0.800. The molecule has 1 atom stereocenters. The van der Waals surface area contributed by atoms with Crippen LogP contribution in [0.4, 0.5) is 5.69 Å². The van der Waals surface area contributed by atoms with E-state index in [2.05, 4.69) is 5.32 Å². The number of hydrogen-bond donors (Lipinski definition) is 1. The van der Waals surface area contributed by atoms with Crippen LogP contribution < -0.4 is 5.32 Å². The minimum atomic E-state index is -0.619. The number of carbonyl (C=O) groups is 2. The SMILES string of the molecule is CN1C(=O)C(CC(=O)Nc2ccccc2)N(Cc2ccc(Cl)cc2)C1=S. The predicted octanol–water partition coefficient (Wildman–Crippen LogP) is 3.30. The van der Waals surface area contributed by atoms with Crippen molar-refractivity contribution < 1.29 is 9.59 Å². The van der Waals surface area contributed by atoms with Gasteiger partial charge in [0.25, 0.3) is 5.91 Å². The molecule has 2 aromatic rings. The number of para-hydroxylation sites is 1. The van der Waals surface area contributed by atoms with Gasteiger partial charge in [-0.2, -0.15) is 0 Å². The number of thiocarbonyl (C=S) groups is 1. The van der Waals surface area contributed by atoms with Crippen LogP contribution >= 0.6 is 23.8 Å². The first-order chi connectivity index (χ1) is 12.5. The molecular formula is C19H18ClN3O2S. The van der Waals surface area contributed by atoms with Gasteiger partial charge in [-0.05, 0) is 42.0 Å². The van der Waals surface area contributed by atoms with Crippen LogP contribution in [0, 0.1) is 0 Å². The van der Waals surface area contributed by atoms with Gasteiger partial charge in [0.05, 0.1) is 6.42 Å². The molecule has 2 aromatic carbocycles. The number of nitrogens with one attached hydrogen (secondary N) is 1. The van der Waals surface area contributed by atoms with Crippen molar-refractivity contribution >= 4 is 46.4 Å². The maximum absolute atomic E-state index is 12.6. The van der Waals surface area contributed by atoms with Crippen molar-refractivity contribution in [1.29, 1.82) is 0 Å². The van der Waals surface area contributed by atoms with Crippen molar-refractivity contribution in [3.63, 3.8) is 0 Å². The van der Waals surface area contributed by atoms with Crippen LogP contribution in [-0.2, 0) is 16.1 Å². The molecule has 1 unspecified atom stereocenters. The summed E-state index contributed by atoms with van der Waals surface area (Å²) in [6.07, 6.45) is 0.0335. The Morgan fingerprint density at radius 2 is 1.81 bits per heavy atom. The van der Waals surface area contributed by atoms with Crippen molar-refractivity contribution in [3.05, 3.63) is 65.2 Å². The fourth-order valence-corrected chi connectivity index (χ4v) is 3.26. The Balaban J connectivity index is 1.73. The number of carbonyl (C=O) groups excluding carboxylic acids is 2. The fourth-order valence-electron chi connectivity index (χ4n) is 2.85. The highest BCUT2D eigenvalue weighted by Crippen LogP contribution is 2.23. The molecule has 134 valence electrons. The minimum absolute atomic E-state index is 0.0335. The molecule has 0 radical (unpaired) electrons. The van der Waals surface area contributed by atoms with Crippen LogP contribution in [0.5, 0.6) is 0 Å². The lowest BCUT2D eigenvalue weighted by Crippen LogP contribution is -2.37. The lowest BCUT2D eigenvalue weighted by Gasteiger charge is -2.23. The van der Waals surface area contributed by atoms with E-state index in [1.165, 1.54) is 4.90 Å². The number of halogens is 1. The highest BCUT2D eigenvalue weighted by molar-refractivity contribution is 7.80. The van der Waals surface area contributed by atoms with Gasteiger partial charge >= 0.3 is 0 Å². The van der Waals surface area contributed by atoms with Crippen molar-refractivity contribution in [2.24, 2.45) is 0 Å². The van der Waals surface area contributed by atoms with E-state index in [-0.39, 0.29) is 18.2 Å². The lowest BCUT2D eigenvalue weighted by atomic mass is 10.1. The molecule has 1 saturated heterocycles. The van der Waals surface area contributed by atoms with Gasteiger partial charge in [-0.3, -0.25) is 14.5 Å². The molecule has 7 heteroatoms. The van der Waals surface area contributed by atoms with E-state index in [1.54, 1.807) is 36.2 Å². The van der Waals surface area contributed by atoms with Gasteiger partial charge in [-0.25, -0.2) is 0 Å². The largest absolute Gasteiger partial charge is 0.332 e. The second-order valence-corrected chi connectivity index (χ2v) is 6.87. The molecule has 5 nitrogen and oxygen atoms in total. The van der Waals surface area contributed by atoms with E-state index in [0.717, 1.165) is 5.56 Å². The van der Waals surface area contributed by atoms with Crippen molar-refractivity contribution in [1.82, 2.24) is 9.80 Å². The van der Waals surface area contributed by atoms with Crippen molar-refractivity contribution in [3.8, 4) is 0 Å². The topological polar surface area (TPSA) is 52.7 Å². The summed E-state index contributed by atoms with van der Waals surface area (Å²) in [6.45, 7) is 0.440. The van der Waals surface area contributed by atoms with Crippen LogP contribution in [-0.4, -0.2) is 39.8 Å². The molecule has 26 heavy (non-hydrogen) atoms. The summed E-state index contributed by atoms with van der Waals surface area (Å²) in [7, 11) is 1.63. The summed E-state index contributed by atoms with van der Waals surface area (Å²) in [6, 6.07) is 15.9. The van der Waals surface area contributed by atoms with E-state index in [4.69, 9.17) is 23.8 Å². The third kappa shape index (κ3) is 4.03. The van der Waals surface area contributed by atoms with Crippen molar-refractivity contribution in [2.45, 2.75) is 19.0 Å². The lowest BCUT2D eigenvalue weighted by molar-refractivity contribution is -0.130. The zero-order valence-electron chi connectivity index (χ0n) is 14.2. The van der Waals surface area contributed by atoms with Gasteiger partial charge in [-0.15, -0.1) is 0 Å². The third-order valence-electron chi connectivity index (χ3n) is 4.23. The smallest absolute Gasteiger partial charge is 0.251 e. The Morgan fingerprint density at radius 1 is 1.15 bits per heavy atom. The number of likely N-dealkylation sites (N-methyl/N-ethyl adjacent to an activating group) is 1. The molecule has 1 fully saturated rings. The highest BCUT2D eigenvalue weighted by atomic mass is 35.5. The number of rotatable bonds is 5. The van der Waals surface area contributed by atoms with Gasteiger partial charge < -0.3 is 10.2 Å². The first kappa shape index (κ1) is 18.4. The van der Waals surface area contributed by atoms with Crippen LogP contribution in [0.25, 0.3) is 0 Å².